The number of benzene rings is 1. The van der Waals surface area contributed by atoms with Crippen LogP contribution in [-0.4, -0.2) is 84.5 Å². The van der Waals surface area contributed by atoms with Crippen LogP contribution in [-0.2, 0) is 14.8 Å². The fraction of sp³-hybridized carbons (Fsp3) is 0.542. The Morgan fingerprint density at radius 3 is 2.49 bits per heavy atom. The minimum Gasteiger partial charge on any atom is -0.484 e. The van der Waals surface area contributed by atoms with Crippen LogP contribution in [0.2, 0.25) is 0 Å². The van der Waals surface area contributed by atoms with Crippen molar-refractivity contribution in [3.63, 3.8) is 0 Å². The Morgan fingerprint density at radius 1 is 1.29 bits per heavy atom. The number of nitrogens with zero attached hydrogens (tertiary/aromatic N) is 4. The zero-order valence-electron chi connectivity index (χ0n) is 23.0. The van der Waals surface area contributed by atoms with Crippen molar-refractivity contribution in [2.45, 2.75) is 63.4 Å². The van der Waals surface area contributed by atoms with Gasteiger partial charge in [-0.05, 0) is 45.9 Å². The minimum atomic E-state index is -4.97. The lowest BCUT2D eigenvalue weighted by atomic mass is 10.0. The van der Waals surface area contributed by atoms with Gasteiger partial charge in [-0.15, -0.1) is 5.10 Å². The first-order chi connectivity index (χ1) is 18.9. The molecule has 1 aromatic carbocycles. The Morgan fingerprint density at radius 2 is 1.95 bits per heavy atom. The molecule has 2 heterocycles. The molecule has 3 N–H and O–H groups in total. The second-order valence-electron chi connectivity index (χ2n) is 9.98. The van der Waals surface area contributed by atoms with Gasteiger partial charge in [-0.25, -0.2) is 13.2 Å². The lowest BCUT2D eigenvalue weighted by Gasteiger charge is -2.39. The van der Waals surface area contributed by atoms with Crippen molar-refractivity contribution in [3.8, 4) is 11.6 Å². The van der Waals surface area contributed by atoms with E-state index in [2.05, 4.69) is 10.4 Å². The van der Waals surface area contributed by atoms with Crippen molar-refractivity contribution < 1.29 is 50.9 Å². The number of carbonyl (C=O) groups is 2. The molecule has 0 fully saturated rings. The smallest absolute Gasteiger partial charge is 0.412 e. The van der Waals surface area contributed by atoms with E-state index in [1.165, 1.54) is 17.8 Å². The standard InChI is InChI=1S/C24H32F3N5O8S/c1-14(2)30-13-20(21(29-30)39-9-8-33)41(37,38)31-12-17(11-28-15(3)34)40-19-7-6-16(10-18(19)31)32(22(35)36)23(4,5)24(25,26)27/h6-7,10,13-14,17,33H,8-9,11-12H2,1-5H3,(H,28,34)(H,35,36)/t17-/m0/s1. The molecule has 2 amide bonds. The van der Waals surface area contributed by atoms with E-state index in [1.54, 1.807) is 13.8 Å². The van der Waals surface area contributed by atoms with Gasteiger partial charge in [0.15, 0.2) is 4.90 Å². The molecule has 0 radical (unpaired) electrons. The average molecular weight is 608 g/mol. The van der Waals surface area contributed by atoms with Gasteiger partial charge < -0.3 is 25.0 Å². The van der Waals surface area contributed by atoms with Gasteiger partial charge in [0.2, 0.25) is 5.91 Å². The number of rotatable bonds is 10. The molecule has 13 nitrogen and oxygen atoms in total. The zero-order chi connectivity index (χ0) is 30.9. The molecule has 41 heavy (non-hydrogen) atoms. The summed E-state index contributed by atoms with van der Waals surface area (Å²) in [6.07, 6.45) is -6.60. The fourth-order valence-electron chi connectivity index (χ4n) is 3.99. The van der Waals surface area contributed by atoms with Gasteiger partial charge >= 0.3 is 12.3 Å². The van der Waals surface area contributed by atoms with Crippen molar-refractivity contribution in [1.82, 2.24) is 15.1 Å². The molecule has 2 aromatic rings. The Balaban J connectivity index is 2.21. The largest absolute Gasteiger partial charge is 0.484 e. The molecular weight excluding hydrogens is 575 g/mol. The summed E-state index contributed by atoms with van der Waals surface area (Å²) in [6.45, 7) is 4.88. The summed E-state index contributed by atoms with van der Waals surface area (Å²) >= 11 is 0. The summed E-state index contributed by atoms with van der Waals surface area (Å²) in [4.78, 5) is 23.2. The number of aliphatic hydroxyl groups excluding tert-OH is 1. The molecule has 17 heteroatoms. The topological polar surface area (TPSA) is 164 Å². The molecule has 1 aromatic heterocycles. The molecule has 3 rings (SSSR count). The maximum absolute atomic E-state index is 14.1. The lowest BCUT2D eigenvalue weighted by Crippen LogP contribution is -2.57. The van der Waals surface area contributed by atoms with Crippen LogP contribution >= 0.6 is 0 Å². The van der Waals surface area contributed by atoms with Gasteiger partial charge in [-0.2, -0.15) is 13.2 Å². The number of hydrogen-bond donors (Lipinski definition) is 3. The van der Waals surface area contributed by atoms with Gasteiger partial charge in [0.25, 0.3) is 15.9 Å². The number of halogens is 3. The third-order valence-corrected chi connectivity index (χ3v) is 8.01. The summed E-state index contributed by atoms with van der Waals surface area (Å²) in [5.74, 6) is -0.808. The van der Waals surface area contributed by atoms with Crippen LogP contribution in [0.4, 0.5) is 29.3 Å². The van der Waals surface area contributed by atoms with Gasteiger partial charge in [0, 0.05) is 19.2 Å². The molecule has 1 atom stereocenters. The van der Waals surface area contributed by atoms with Gasteiger partial charge in [0.05, 0.1) is 31.1 Å². The number of carbonyl (C=O) groups excluding carboxylic acids is 1. The second-order valence-corrected chi connectivity index (χ2v) is 11.8. The third-order valence-electron chi connectivity index (χ3n) is 6.25. The number of alkyl halides is 3. The number of aromatic nitrogens is 2. The maximum atomic E-state index is 14.1. The molecule has 1 aliphatic heterocycles. The van der Waals surface area contributed by atoms with Crippen LogP contribution in [0.1, 0.15) is 40.7 Å². The summed E-state index contributed by atoms with van der Waals surface area (Å²) in [5, 5.41) is 25.6. The Kier molecular flexibility index (Phi) is 9.02. The molecule has 228 valence electrons. The van der Waals surface area contributed by atoms with Crippen LogP contribution in [0.15, 0.2) is 29.3 Å². The lowest BCUT2D eigenvalue weighted by molar-refractivity contribution is -0.175. The van der Waals surface area contributed by atoms with E-state index in [9.17, 15) is 41.4 Å². The Bertz CT molecular complexity index is 1390. The summed E-state index contributed by atoms with van der Waals surface area (Å²) in [5.41, 5.74) is -3.59. The predicted molar refractivity (Wildman–Crippen MR) is 140 cm³/mol. The van der Waals surface area contributed by atoms with E-state index in [0.717, 1.165) is 22.5 Å². The molecule has 0 saturated heterocycles. The summed E-state index contributed by atoms with van der Waals surface area (Å²) < 4.78 is 83.2. The Hall–Kier alpha value is -3.73. The fourth-order valence-corrected chi connectivity index (χ4v) is 5.55. The highest BCUT2D eigenvalue weighted by Crippen LogP contribution is 2.44. The number of hydrogen-bond acceptors (Lipinski definition) is 8. The van der Waals surface area contributed by atoms with E-state index in [4.69, 9.17) is 9.47 Å². The first kappa shape index (κ1) is 31.8. The summed E-state index contributed by atoms with van der Waals surface area (Å²) in [6, 6.07) is 2.92. The second kappa shape index (κ2) is 11.6. The number of ether oxygens (including phenoxy) is 2. The molecule has 1 aliphatic rings. The van der Waals surface area contributed by atoms with E-state index < -0.39 is 63.6 Å². The molecule has 0 aliphatic carbocycles. The van der Waals surface area contributed by atoms with Crippen molar-refractivity contribution >= 4 is 33.4 Å². The highest BCUT2D eigenvalue weighted by Gasteiger charge is 2.54. The van der Waals surface area contributed by atoms with Crippen molar-refractivity contribution in [2.75, 3.05) is 35.5 Å². The predicted octanol–water partition coefficient (Wildman–Crippen LogP) is 2.75. The normalized spacial score (nSPS) is 15.8. The highest BCUT2D eigenvalue weighted by molar-refractivity contribution is 7.93. The van der Waals surface area contributed by atoms with Gasteiger partial charge in [0.1, 0.15) is 24.0 Å². The van der Waals surface area contributed by atoms with Crippen molar-refractivity contribution in [3.05, 3.63) is 24.4 Å². The average Bonchev–Trinajstić information content (AvgIpc) is 3.30. The number of fused-ring (bicyclic) bond motifs is 1. The van der Waals surface area contributed by atoms with Gasteiger partial charge in [-0.1, -0.05) is 0 Å². The van der Waals surface area contributed by atoms with Crippen molar-refractivity contribution in [2.24, 2.45) is 0 Å². The van der Waals surface area contributed by atoms with Crippen molar-refractivity contribution in [1.29, 1.82) is 0 Å². The molecule has 0 saturated carbocycles. The molecule has 0 bridgehead atoms. The summed E-state index contributed by atoms with van der Waals surface area (Å²) in [7, 11) is -4.58. The highest BCUT2D eigenvalue weighted by atomic mass is 32.2. The van der Waals surface area contributed by atoms with Crippen LogP contribution < -0.4 is 24.0 Å². The van der Waals surface area contributed by atoms with E-state index in [-0.39, 0.29) is 41.4 Å². The van der Waals surface area contributed by atoms with E-state index in [0.29, 0.717) is 13.8 Å². The number of nitrogens with one attached hydrogen (secondary N) is 1. The van der Waals surface area contributed by atoms with Crippen LogP contribution in [0.5, 0.6) is 11.6 Å². The first-order valence-corrected chi connectivity index (χ1v) is 13.9. The number of aliphatic hydroxyl groups is 1. The zero-order valence-corrected chi connectivity index (χ0v) is 23.8. The molecule has 0 unspecified atom stereocenters. The first-order valence-electron chi connectivity index (χ1n) is 12.4. The minimum absolute atomic E-state index is 0.0804. The van der Waals surface area contributed by atoms with Crippen LogP contribution in [0.3, 0.4) is 0 Å². The number of anilines is 2. The monoisotopic (exact) mass is 607 g/mol. The quantitative estimate of drug-likeness (QED) is 0.369. The van der Waals surface area contributed by atoms with Crippen LogP contribution in [0, 0.1) is 0 Å². The Labute approximate surface area is 234 Å². The maximum Gasteiger partial charge on any atom is 0.412 e. The SMILES string of the molecule is CC(=O)NC[C@H]1CN(S(=O)(=O)c2cn(C(C)C)nc2OCCO)c2cc(N(C(=O)O)C(C)(C)C(F)(F)F)ccc2O1. The molecule has 0 spiro atoms. The van der Waals surface area contributed by atoms with E-state index >= 15 is 0 Å². The van der Waals surface area contributed by atoms with E-state index in [1.807, 2.05) is 0 Å². The molecular formula is C24H32F3N5O8S. The third kappa shape index (κ3) is 6.45. The van der Waals surface area contributed by atoms with Crippen LogP contribution in [0.25, 0.3) is 0 Å². The number of sulfonamides is 1. The van der Waals surface area contributed by atoms with Gasteiger partial charge in [-0.3, -0.25) is 18.7 Å². The number of amides is 2. The number of carboxylic acid groups (broad SMARTS) is 1.